The minimum Gasteiger partial charge on any atom is -0.322 e. The highest BCUT2D eigenvalue weighted by Gasteiger charge is 2.33. The van der Waals surface area contributed by atoms with Crippen LogP contribution in [0.2, 0.25) is 0 Å². The Balaban J connectivity index is 1.98. The van der Waals surface area contributed by atoms with Crippen LogP contribution in [0.25, 0.3) is 0 Å². The predicted octanol–water partition coefficient (Wildman–Crippen LogP) is 2.96. The molecule has 2 N–H and O–H groups in total. The Kier molecular flexibility index (Phi) is 3.33. The van der Waals surface area contributed by atoms with Gasteiger partial charge in [-0.3, -0.25) is 4.79 Å². The Labute approximate surface area is 121 Å². The van der Waals surface area contributed by atoms with Crippen molar-refractivity contribution in [3.63, 3.8) is 0 Å². The van der Waals surface area contributed by atoms with E-state index in [1.54, 1.807) is 0 Å². The lowest BCUT2D eigenvalue weighted by Gasteiger charge is -2.37. The van der Waals surface area contributed by atoms with E-state index in [1.165, 1.54) is 17.5 Å². The Morgan fingerprint density at radius 2 is 2.05 bits per heavy atom. The van der Waals surface area contributed by atoms with Crippen molar-refractivity contribution in [3.8, 4) is 0 Å². The summed E-state index contributed by atoms with van der Waals surface area (Å²) < 4.78 is 0. The summed E-state index contributed by atoms with van der Waals surface area (Å²) in [7, 11) is 0. The van der Waals surface area contributed by atoms with Gasteiger partial charge in [-0.2, -0.15) is 0 Å². The van der Waals surface area contributed by atoms with E-state index in [4.69, 9.17) is 5.73 Å². The fourth-order valence-electron chi connectivity index (χ4n) is 3.33. The molecule has 1 aromatic rings. The molecule has 1 heterocycles. The number of hydrogen-bond donors (Lipinski definition) is 1. The van der Waals surface area contributed by atoms with Crippen LogP contribution in [-0.4, -0.2) is 12.5 Å². The van der Waals surface area contributed by atoms with Crippen LogP contribution in [0.4, 0.5) is 5.69 Å². The summed E-state index contributed by atoms with van der Waals surface area (Å²) in [6.45, 7) is 4.93. The molecule has 1 aliphatic carbocycles. The number of nitrogens with two attached hydrogens (primary N) is 1. The van der Waals surface area contributed by atoms with E-state index >= 15 is 0 Å². The first-order chi connectivity index (χ1) is 9.48. The summed E-state index contributed by atoms with van der Waals surface area (Å²) in [5, 5.41) is 0. The molecule has 0 bridgehead atoms. The third-order valence-corrected chi connectivity index (χ3v) is 4.67. The minimum absolute atomic E-state index is 0.260. The van der Waals surface area contributed by atoms with Crippen molar-refractivity contribution in [2.75, 3.05) is 11.4 Å². The maximum atomic E-state index is 12.6. The van der Waals surface area contributed by atoms with E-state index in [-0.39, 0.29) is 11.5 Å². The molecule has 3 rings (SSSR count). The fraction of sp³-hybridized carbons (Fsp3) is 0.588. The third kappa shape index (κ3) is 2.24. The normalized spacial score (nSPS) is 19.4. The second-order valence-corrected chi connectivity index (χ2v) is 6.75. The van der Waals surface area contributed by atoms with Crippen LogP contribution in [0.5, 0.6) is 0 Å². The molecule has 0 radical (unpaired) electrons. The second kappa shape index (κ2) is 4.88. The number of rotatable bonds is 2. The highest BCUT2D eigenvalue weighted by Crippen LogP contribution is 2.37. The summed E-state index contributed by atoms with van der Waals surface area (Å²) in [6.07, 6.45) is 5.39. The lowest BCUT2D eigenvalue weighted by Crippen LogP contribution is -2.42. The van der Waals surface area contributed by atoms with Crippen molar-refractivity contribution in [1.29, 1.82) is 0 Å². The zero-order valence-corrected chi connectivity index (χ0v) is 12.5. The van der Waals surface area contributed by atoms with Crippen molar-refractivity contribution >= 4 is 11.6 Å². The number of nitrogens with zero attached hydrogens (tertiary/aromatic N) is 1. The van der Waals surface area contributed by atoms with Crippen LogP contribution < -0.4 is 10.6 Å². The van der Waals surface area contributed by atoms with E-state index in [0.29, 0.717) is 5.91 Å². The Morgan fingerprint density at radius 3 is 2.65 bits per heavy atom. The van der Waals surface area contributed by atoms with Gasteiger partial charge in [0.1, 0.15) is 0 Å². The second-order valence-electron chi connectivity index (χ2n) is 6.75. The minimum atomic E-state index is -0.353. The van der Waals surface area contributed by atoms with Crippen molar-refractivity contribution in [1.82, 2.24) is 0 Å². The maximum Gasteiger partial charge on any atom is 0.230 e. The van der Waals surface area contributed by atoms with Crippen LogP contribution in [0.3, 0.4) is 0 Å². The third-order valence-electron chi connectivity index (χ3n) is 4.67. The van der Waals surface area contributed by atoms with Crippen molar-refractivity contribution in [2.45, 2.75) is 51.5 Å². The van der Waals surface area contributed by atoms with Crippen LogP contribution >= 0.6 is 0 Å². The van der Waals surface area contributed by atoms with Crippen molar-refractivity contribution in [3.05, 3.63) is 29.3 Å². The average Bonchev–Trinajstić information content (AvgIpc) is 2.34. The van der Waals surface area contributed by atoms with Gasteiger partial charge in [0.15, 0.2) is 0 Å². The van der Waals surface area contributed by atoms with Gasteiger partial charge in [-0.05, 0) is 56.7 Å². The molecule has 3 heteroatoms. The Bertz CT molecular complexity index is 526. The number of anilines is 1. The van der Waals surface area contributed by atoms with E-state index in [0.717, 1.165) is 37.9 Å². The zero-order valence-electron chi connectivity index (χ0n) is 12.5. The number of carbonyl (C=O) groups excluding carboxylic acids is 1. The molecule has 0 atom stereocenters. The summed E-state index contributed by atoms with van der Waals surface area (Å²) in [4.78, 5) is 14.6. The monoisotopic (exact) mass is 272 g/mol. The first-order valence-electron chi connectivity index (χ1n) is 7.71. The molecule has 0 spiro atoms. The highest BCUT2D eigenvalue weighted by atomic mass is 16.2. The maximum absolute atomic E-state index is 12.6. The van der Waals surface area contributed by atoms with Gasteiger partial charge >= 0.3 is 0 Å². The summed E-state index contributed by atoms with van der Waals surface area (Å²) >= 11 is 0. The first kappa shape index (κ1) is 13.6. The lowest BCUT2D eigenvalue weighted by atomic mass is 9.82. The number of hydrogen-bond acceptors (Lipinski definition) is 2. The van der Waals surface area contributed by atoms with Crippen LogP contribution in [0.1, 0.15) is 50.7 Å². The van der Waals surface area contributed by atoms with Gasteiger partial charge in [-0.1, -0.05) is 18.6 Å². The van der Waals surface area contributed by atoms with Gasteiger partial charge in [-0.25, -0.2) is 0 Å². The largest absolute Gasteiger partial charge is 0.322 e. The van der Waals surface area contributed by atoms with Crippen molar-refractivity contribution in [2.24, 2.45) is 11.7 Å². The number of benzene rings is 1. The Hall–Kier alpha value is -1.35. The molecule has 1 aromatic carbocycles. The van der Waals surface area contributed by atoms with Gasteiger partial charge < -0.3 is 10.6 Å². The van der Waals surface area contributed by atoms with Crippen LogP contribution in [0.15, 0.2) is 18.2 Å². The lowest BCUT2D eigenvalue weighted by molar-refractivity contribution is -0.124. The standard InChI is InChI=1S/C17H24N2O/c1-17(2,18)14-9-4-10-15-13(14)8-5-11-19(15)16(20)12-6-3-7-12/h4,9-10,12H,3,5-8,11,18H2,1-2H3. The van der Waals surface area contributed by atoms with Gasteiger partial charge in [-0.15, -0.1) is 0 Å². The predicted molar refractivity (Wildman–Crippen MR) is 81.7 cm³/mol. The number of fused-ring (bicyclic) bond motifs is 1. The molecule has 1 aliphatic heterocycles. The Morgan fingerprint density at radius 1 is 1.30 bits per heavy atom. The van der Waals surface area contributed by atoms with E-state index in [1.807, 2.05) is 24.8 Å². The zero-order chi connectivity index (χ0) is 14.3. The molecule has 0 saturated heterocycles. The van der Waals surface area contributed by atoms with Gasteiger partial charge in [0.25, 0.3) is 0 Å². The molecular formula is C17H24N2O. The van der Waals surface area contributed by atoms with Gasteiger partial charge in [0, 0.05) is 23.7 Å². The fourth-order valence-corrected chi connectivity index (χ4v) is 3.33. The SMILES string of the molecule is CC(C)(N)c1cccc2c1CCCN2C(=O)C1CCC1. The quantitative estimate of drug-likeness (QED) is 0.899. The topological polar surface area (TPSA) is 46.3 Å². The number of carbonyl (C=O) groups is 1. The molecule has 1 amide bonds. The van der Waals surface area contributed by atoms with Crippen LogP contribution in [-0.2, 0) is 16.8 Å². The molecule has 2 aliphatic rings. The van der Waals surface area contributed by atoms with Crippen molar-refractivity contribution < 1.29 is 4.79 Å². The molecule has 0 aromatic heterocycles. The first-order valence-corrected chi connectivity index (χ1v) is 7.71. The summed E-state index contributed by atoms with van der Waals surface area (Å²) in [5.41, 5.74) is 9.50. The highest BCUT2D eigenvalue weighted by molar-refractivity contribution is 5.96. The van der Waals surface area contributed by atoms with E-state index in [9.17, 15) is 4.79 Å². The molecule has 108 valence electrons. The van der Waals surface area contributed by atoms with E-state index in [2.05, 4.69) is 12.1 Å². The van der Waals surface area contributed by atoms with E-state index < -0.39 is 0 Å². The molecular weight excluding hydrogens is 248 g/mol. The smallest absolute Gasteiger partial charge is 0.230 e. The average molecular weight is 272 g/mol. The molecule has 20 heavy (non-hydrogen) atoms. The molecule has 1 fully saturated rings. The van der Waals surface area contributed by atoms with Gasteiger partial charge in [0.05, 0.1) is 0 Å². The molecule has 1 saturated carbocycles. The summed E-state index contributed by atoms with van der Waals surface area (Å²) in [6, 6.07) is 6.23. The molecule has 3 nitrogen and oxygen atoms in total. The summed E-state index contributed by atoms with van der Waals surface area (Å²) in [5.74, 6) is 0.583. The number of amides is 1. The molecule has 0 unspecified atom stereocenters. The van der Waals surface area contributed by atoms with Gasteiger partial charge in [0.2, 0.25) is 5.91 Å². The van der Waals surface area contributed by atoms with Crippen LogP contribution in [0, 0.1) is 5.92 Å².